The molecule has 0 saturated heterocycles. The van der Waals surface area contributed by atoms with E-state index in [0.29, 0.717) is 6.61 Å². The number of aliphatic hydroxyl groups is 1. The molecule has 0 spiro atoms. The lowest BCUT2D eigenvalue weighted by atomic mass is 9.92. The van der Waals surface area contributed by atoms with Gasteiger partial charge in [-0.2, -0.15) is 0 Å². The second-order valence-electron chi connectivity index (χ2n) is 4.13. The Kier molecular flexibility index (Phi) is 3.53. The monoisotopic (exact) mass is 171 g/mol. The molecule has 2 nitrogen and oxygen atoms in total. The molecule has 1 aliphatic rings. The normalized spacial score (nSPS) is 35.8. The van der Waals surface area contributed by atoms with E-state index in [0.717, 1.165) is 18.9 Å². The lowest BCUT2D eigenvalue weighted by molar-refractivity contribution is 0.210. The number of hydrogen-bond acceptors (Lipinski definition) is 2. The second-order valence-corrected chi connectivity index (χ2v) is 4.13. The van der Waals surface area contributed by atoms with Crippen molar-refractivity contribution in [2.75, 3.05) is 13.2 Å². The third-order valence-electron chi connectivity index (χ3n) is 3.00. The van der Waals surface area contributed by atoms with E-state index >= 15 is 0 Å². The van der Waals surface area contributed by atoms with Crippen molar-refractivity contribution in [3.63, 3.8) is 0 Å². The Bertz CT molecular complexity index is 124. The maximum Gasteiger partial charge on any atom is 0.0448 e. The van der Waals surface area contributed by atoms with Crippen molar-refractivity contribution in [2.24, 2.45) is 5.92 Å². The molecular formula is C10H21NO. The first-order valence-corrected chi connectivity index (χ1v) is 5.08. The molecular weight excluding hydrogens is 150 g/mol. The van der Waals surface area contributed by atoms with E-state index < -0.39 is 0 Å². The van der Waals surface area contributed by atoms with Crippen LogP contribution in [-0.2, 0) is 0 Å². The minimum atomic E-state index is 0.267. The molecule has 0 aromatic carbocycles. The van der Waals surface area contributed by atoms with E-state index in [1.165, 1.54) is 19.3 Å². The zero-order valence-electron chi connectivity index (χ0n) is 8.27. The molecule has 1 aliphatic carbocycles. The van der Waals surface area contributed by atoms with Crippen molar-refractivity contribution >= 4 is 0 Å². The van der Waals surface area contributed by atoms with Gasteiger partial charge in [-0.1, -0.05) is 13.8 Å². The van der Waals surface area contributed by atoms with Crippen LogP contribution in [0.1, 0.15) is 39.5 Å². The van der Waals surface area contributed by atoms with Gasteiger partial charge in [-0.25, -0.2) is 0 Å². The van der Waals surface area contributed by atoms with Crippen LogP contribution in [0, 0.1) is 5.92 Å². The molecule has 0 bridgehead atoms. The molecule has 2 N–H and O–H groups in total. The van der Waals surface area contributed by atoms with Gasteiger partial charge in [-0.15, -0.1) is 0 Å². The maximum atomic E-state index is 8.96. The predicted octanol–water partition coefficient (Wildman–Crippen LogP) is 1.54. The fourth-order valence-electron chi connectivity index (χ4n) is 2.46. The number of aliphatic hydroxyl groups excluding tert-OH is 1. The highest BCUT2D eigenvalue weighted by molar-refractivity contribution is 4.94. The largest absolute Gasteiger partial charge is 0.396 e. The van der Waals surface area contributed by atoms with Crippen molar-refractivity contribution in [2.45, 2.75) is 45.1 Å². The zero-order chi connectivity index (χ0) is 9.03. The molecule has 1 saturated carbocycles. The Labute approximate surface area is 75.4 Å². The van der Waals surface area contributed by atoms with Crippen molar-refractivity contribution in [1.82, 2.24) is 5.32 Å². The third kappa shape index (κ3) is 2.20. The Hall–Kier alpha value is -0.0800. The molecule has 0 aromatic heterocycles. The first-order chi connectivity index (χ1) is 5.72. The van der Waals surface area contributed by atoms with Crippen molar-refractivity contribution < 1.29 is 5.11 Å². The van der Waals surface area contributed by atoms with Gasteiger partial charge in [0.2, 0.25) is 0 Å². The molecule has 12 heavy (non-hydrogen) atoms. The SMILES string of the molecule is CCNC1(CCO)CCC(C)C1. The van der Waals surface area contributed by atoms with Crippen LogP contribution in [0.3, 0.4) is 0 Å². The third-order valence-corrected chi connectivity index (χ3v) is 3.00. The molecule has 1 rings (SSSR count). The van der Waals surface area contributed by atoms with Gasteiger partial charge >= 0.3 is 0 Å². The first-order valence-electron chi connectivity index (χ1n) is 5.08. The molecule has 72 valence electrons. The second kappa shape index (κ2) is 4.24. The van der Waals surface area contributed by atoms with E-state index in [9.17, 15) is 0 Å². The Morgan fingerprint density at radius 2 is 2.33 bits per heavy atom. The van der Waals surface area contributed by atoms with E-state index in [-0.39, 0.29) is 5.54 Å². The van der Waals surface area contributed by atoms with Gasteiger partial charge in [-0.05, 0) is 38.1 Å². The fraction of sp³-hybridized carbons (Fsp3) is 1.00. The number of rotatable bonds is 4. The summed E-state index contributed by atoms with van der Waals surface area (Å²) in [5.74, 6) is 0.829. The lowest BCUT2D eigenvalue weighted by Crippen LogP contribution is -2.43. The maximum absolute atomic E-state index is 8.96. The lowest BCUT2D eigenvalue weighted by Gasteiger charge is -2.29. The van der Waals surface area contributed by atoms with Gasteiger partial charge < -0.3 is 10.4 Å². The molecule has 2 atom stereocenters. The molecule has 2 unspecified atom stereocenters. The summed E-state index contributed by atoms with van der Waals surface area (Å²) >= 11 is 0. The molecule has 0 heterocycles. The van der Waals surface area contributed by atoms with Gasteiger partial charge in [0.15, 0.2) is 0 Å². The van der Waals surface area contributed by atoms with E-state index in [4.69, 9.17) is 5.11 Å². The zero-order valence-corrected chi connectivity index (χ0v) is 8.27. The van der Waals surface area contributed by atoms with Crippen LogP contribution in [-0.4, -0.2) is 23.8 Å². The Morgan fingerprint density at radius 3 is 2.75 bits per heavy atom. The summed E-state index contributed by atoms with van der Waals surface area (Å²) in [5, 5.41) is 12.5. The van der Waals surface area contributed by atoms with Gasteiger partial charge in [0.25, 0.3) is 0 Å². The molecule has 0 amide bonds. The summed E-state index contributed by atoms with van der Waals surface area (Å²) in [6.45, 7) is 5.78. The first kappa shape index (κ1) is 10.0. The molecule has 0 aromatic rings. The summed E-state index contributed by atoms with van der Waals surface area (Å²) in [5.41, 5.74) is 0.267. The van der Waals surface area contributed by atoms with Crippen molar-refractivity contribution in [3.05, 3.63) is 0 Å². The smallest absolute Gasteiger partial charge is 0.0448 e. The predicted molar refractivity (Wildman–Crippen MR) is 51.1 cm³/mol. The summed E-state index contributed by atoms with van der Waals surface area (Å²) in [7, 11) is 0. The van der Waals surface area contributed by atoms with Crippen molar-refractivity contribution in [1.29, 1.82) is 0 Å². The van der Waals surface area contributed by atoms with Gasteiger partial charge in [0.05, 0.1) is 0 Å². The standard InChI is InChI=1S/C10H21NO/c1-3-11-10(6-7-12)5-4-9(2)8-10/h9,11-12H,3-8H2,1-2H3. The summed E-state index contributed by atoms with van der Waals surface area (Å²) in [6.07, 6.45) is 4.71. The van der Waals surface area contributed by atoms with E-state index in [2.05, 4.69) is 19.2 Å². The van der Waals surface area contributed by atoms with Crippen LogP contribution < -0.4 is 5.32 Å². The van der Waals surface area contributed by atoms with Crippen LogP contribution in [0.15, 0.2) is 0 Å². The minimum absolute atomic E-state index is 0.267. The minimum Gasteiger partial charge on any atom is -0.396 e. The van der Waals surface area contributed by atoms with Gasteiger partial charge in [0, 0.05) is 12.1 Å². The number of nitrogens with one attached hydrogen (secondary N) is 1. The molecule has 0 radical (unpaired) electrons. The van der Waals surface area contributed by atoms with Crippen LogP contribution >= 0.6 is 0 Å². The Balaban J connectivity index is 2.48. The summed E-state index contributed by atoms with van der Waals surface area (Å²) in [4.78, 5) is 0. The average Bonchev–Trinajstić information content (AvgIpc) is 2.34. The van der Waals surface area contributed by atoms with Crippen LogP contribution in [0.2, 0.25) is 0 Å². The van der Waals surface area contributed by atoms with Crippen LogP contribution in [0.5, 0.6) is 0 Å². The molecule has 2 heteroatoms. The number of hydrogen-bond donors (Lipinski definition) is 2. The van der Waals surface area contributed by atoms with Crippen LogP contribution in [0.25, 0.3) is 0 Å². The Morgan fingerprint density at radius 1 is 1.58 bits per heavy atom. The summed E-state index contributed by atoms with van der Waals surface area (Å²) in [6, 6.07) is 0. The van der Waals surface area contributed by atoms with Crippen molar-refractivity contribution in [3.8, 4) is 0 Å². The van der Waals surface area contributed by atoms with Crippen LogP contribution in [0.4, 0.5) is 0 Å². The highest BCUT2D eigenvalue weighted by Gasteiger charge is 2.35. The van der Waals surface area contributed by atoms with Gasteiger partial charge in [-0.3, -0.25) is 0 Å². The van der Waals surface area contributed by atoms with E-state index in [1.807, 2.05) is 0 Å². The highest BCUT2D eigenvalue weighted by atomic mass is 16.3. The molecule has 1 fully saturated rings. The quantitative estimate of drug-likeness (QED) is 0.672. The van der Waals surface area contributed by atoms with E-state index in [1.54, 1.807) is 0 Å². The highest BCUT2D eigenvalue weighted by Crippen LogP contribution is 2.36. The average molecular weight is 171 g/mol. The molecule has 0 aliphatic heterocycles. The fourth-order valence-corrected chi connectivity index (χ4v) is 2.46. The topological polar surface area (TPSA) is 32.3 Å². The summed E-state index contributed by atoms with van der Waals surface area (Å²) < 4.78 is 0. The van der Waals surface area contributed by atoms with Gasteiger partial charge in [0.1, 0.15) is 0 Å².